The first-order chi connectivity index (χ1) is 8.19. The first-order valence-electron chi connectivity index (χ1n) is 6.76. The highest BCUT2D eigenvalue weighted by molar-refractivity contribution is 8.00. The molecule has 1 aliphatic carbocycles. The van der Waals surface area contributed by atoms with Gasteiger partial charge in [-0.1, -0.05) is 6.42 Å². The average Bonchev–Trinajstić information content (AvgIpc) is 2.75. The Labute approximate surface area is 109 Å². The van der Waals surface area contributed by atoms with Gasteiger partial charge in [0.25, 0.3) is 0 Å². The Balaban J connectivity index is 1.88. The van der Waals surface area contributed by atoms with E-state index in [1.807, 2.05) is 7.05 Å². The molecule has 17 heavy (non-hydrogen) atoms. The van der Waals surface area contributed by atoms with E-state index in [1.165, 1.54) is 19.3 Å². The SMILES string of the molecule is CNC1(CO)CCCC(SC2CCOC2C)C1. The van der Waals surface area contributed by atoms with Crippen molar-refractivity contribution in [1.82, 2.24) is 5.32 Å². The van der Waals surface area contributed by atoms with Gasteiger partial charge >= 0.3 is 0 Å². The number of nitrogens with one attached hydrogen (secondary N) is 1. The molecule has 0 radical (unpaired) electrons. The molecule has 0 bridgehead atoms. The third kappa shape index (κ3) is 3.16. The van der Waals surface area contributed by atoms with Crippen molar-refractivity contribution in [2.24, 2.45) is 0 Å². The van der Waals surface area contributed by atoms with E-state index in [0.717, 1.165) is 19.4 Å². The van der Waals surface area contributed by atoms with E-state index in [0.29, 0.717) is 16.6 Å². The van der Waals surface area contributed by atoms with Gasteiger partial charge in [0.05, 0.1) is 12.7 Å². The lowest BCUT2D eigenvalue weighted by Gasteiger charge is -2.40. The highest BCUT2D eigenvalue weighted by Crippen LogP contribution is 2.39. The van der Waals surface area contributed by atoms with Gasteiger partial charge in [0.2, 0.25) is 0 Å². The van der Waals surface area contributed by atoms with Crippen LogP contribution in [0.1, 0.15) is 39.0 Å². The molecule has 0 aromatic carbocycles. The van der Waals surface area contributed by atoms with Gasteiger partial charge in [-0.2, -0.15) is 11.8 Å². The number of thioether (sulfide) groups is 1. The predicted molar refractivity (Wildman–Crippen MR) is 72.5 cm³/mol. The van der Waals surface area contributed by atoms with Gasteiger partial charge in [0.1, 0.15) is 0 Å². The van der Waals surface area contributed by atoms with Gasteiger partial charge in [0.15, 0.2) is 0 Å². The number of hydrogen-bond acceptors (Lipinski definition) is 4. The number of hydrogen-bond donors (Lipinski definition) is 2. The van der Waals surface area contributed by atoms with Crippen molar-refractivity contribution in [2.75, 3.05) is 20.3 Å². The average molecular weight is 259 g/mol. The van der Waals surface area contributed by atoms with E-state index in [2.05, 4.69) is 24.0 Å². The van der Waals surface area contributed by atoms with E-state index < -0.39 is 0 Å². The molecule has 2 N–H and O–H groups in total. The zero-order valence-corrected chi connectivity index (χ0v) is 11.8. The van der Waals surface area contributed by atoms with E-state index in [-0.39, 0.29) is 12.1 Å². The Morgan fingerprint density at radius 2 is 2.29 bits per heavy atom. The lowest BCUT2D eigenvalue weighted by Crippen LogP contribution is -2.50. The van der Waals surface area contributed by atoms with Crippen LogP contribution in [0.3, 0.4) is 0 Å². The van der Waals surface area contributed by atoms with Crippen LogP contribution in [0.15, 0.2) is 0 Å². The van der Waals surface area contributed by atoms with Gasteiger partial charge in [-0.15, -0.1) is 0 Å². The van der Waals surface area contributed by atoms with Crippen LogP contribution in [0.25, 0.3) is 0 Å². The fraction of sp³-hybridized carbons (Fsp3) is 1.00. The molecule has 1 saturated heterocycles. The molecule has 1 saturated carbocycles. The smallest absolute Gasteiger partial charge is 0.0666 e. The summed E-state index contributed by atoms with van der Waals surface area (Å²) in [4.78, 5) is 0. The molecule has 2 rings (SSSR count). The first kappa shape index (κ1) is 13.7. The topological polar surface area (TPSA) is 41.5 Å². The second kappa shape index (κ2) is 5.91. The highest BCUT2D eigenvalue weighted by atomic mass is 32.2. The lowest BCUT2D eigenvalue weighted by atomic mass is 9.82. The maximum atomic E-state index is 9.58. The molecule has 4 unspecified atom stereocenters. The summed E-state index contributed by atoms with van der Waals surface area (Å²) in [6.07, 6.45) is 6.30. The van der Waals surface area contributed by atoms with E-state index in [1.54, 1.807) is 0 Å². The standard InChI is InChI=1S/C13H25NO2S/c1-10-12(5-7-16-10)17-11-4-3-6-13(8-11,9-15)14-2/h10-12,14-15H,3-9H2,1-2H3. The number of likely N-dealkylation sites (N-methyl/N-ethyl adjacent to an activating group) is 1. The number of aliphatic hydroxyl groups is 1. The number of ether oxygens (including phenoxy) is 1. The largest absolute Gasteiger partial charge is 0.394 e. The fourth-order valence-electron chi connectivity index (χ4n) is 3.01. The van der Waals surface area contributed by atoms with Crippen LogP contribution in [0.2, 0.25) is 0 Å². The van der Waals surface area contributed by atoms with Crippen molar-refractivity contribution >= 4 is 11.8 Å². The summed E-state index contributed by atoms with van der Waals surface area (Å²) in [7, 11) is 1.98. The van der Waals surface area contributed by atoms with Gasteiger partial charge < -0.3 is 15.2 Å². The van der Waals surface area contributed by atoms with Crippen molar-refractivity contribution in [1.29, 1.82) is 0 Å². The maximum absolute atomic E-state index is 9.58. The summed E-state index contributed by atoms with van der Waals surface area (Å²) in [6.45, 7) is 3.37. The number of aliphatic hydroxyl groups excluding tert-OH is 1. The molecule has 0 amide bonds. The van der Waals surface area contributed by atoms with Crippen LogP contribution in [0.4, 0.5) is 0 Å². The molecule has 2 aliphatic rings. The van der Waals surface area contributed by atoms with Gasteiger partial charge in [-0.25, -0.2) is 0 Å². The summed E-state index contributed by atoms with van der Waals surface area (Å²) in [5.74, 6) is 0. The number of rotatable bonds is 4. The van der Waals surface area contributed by atoms with Crippen molar-refractivity contribution in [2.45, 2.75) is 61.2 Å². The summed E-state index contributed by atoms with van der Waals surface area (Å²) in [6, 6.07) is 0. The molecular formula is C13H25NO2S. The molecular weight excluding hydrogens is 234 g/mol. The maximum Gasteiger partial charge on any atom is 0.0666 e. The summed E-state index contributed by atoms with van der Waals surface area (Å²) in [5.41, 5.74) is -0.0292. The zero-order chi connectivity index (χ0) is 12.3. The van der Waals surface area contributed by atoms with Crippen LogP contribution in [-0.4, -0.2) is 47.5 Å². The molecule has 4 atom stereocenters. The Morgan fingerprint density at radius 3 is 2.88 bits per heavy atom. The molecule has 2 fully saturated rings. The minimum absolute atomic E-state index is 0.0292. The first-order valence-corrected chi connectivity index (χ1v) is 7.70. The molecule has 1 heterocycles. The lowest BCUT2D eigenvalue weighted by molar-refractivity contribution is 0.125. The van der Waals surface area contributed by atoms with Crippen LogP contribution < -0.4 is 5.32 Å². The highest BCUT2D eigenvalue weighted by Gasteiger charge is 2.37. The van der Waals surface area contributed by atoms with Crippen molar-refractivity contribution < 1.29 is 9.84 Å². The minimum atomic E-state index is -0.0292. The van der Waals surface area contributed by atoms with Crippen molar-refractivity contribution in [3.63, 3.8) is 0 Å². The van der Waals surface area contributed by atoms with Gasteiger partial charge in [0, 0.05) is 22.6 Å². The minimum Gasteiger partial charge on any atom is -0.394 e. The van der Waals surface area contributed by atoms with Crippen molar-refractivity contribution in [3.8, 4) is 0 Å². The van der Waals surface area contributed by atoms with E-state index >= 15 is 0 Å². The Kier molecular flexibility index (Phi) is 4.75. The second-order valence-electron chi connectivity index (χ2n) is 5.45. The molecule has 3 nitrogen and oxygen atoms in total. The molecule has 0 aromatic heterocycles. The van der Waals surface area contributed by atoms with Gasteiger partial charge in [-0.05, 0) is 39.7 Å². The van der Waals surface area contributed by atoms with E-state index in [9.17, 15) is 5.11 Å². The normalized spacial score (nSPS) is 42.9. The Hall–Kier alpha value is 0.230. The van der Waals surface area contributed by atoms with Crippen LogP contribution >= 0.6 is 11.8 Å². The van der Waals surface area contributed by atoms with Gasteiger partial charge in [-0.3, -0.25) is 0 Å². The second-order valence-corrected chi connectivity index (χ2v) is 6.99. The molecule has 4 heteroatoms. The predicted octanol–water partition coefficient (Wildman–Crippen LogP) is 1.79. The molecule has 1 aliphatic heterocycles. The quantitative estimate of drug-likeness (QED) is 0.808. The van der Waals surface area contributed by atoms with E-state index in [4.69, 9.17) is 4.74 Å². The monoisotopic (exact) mass is 259 g/mol. The van der Waals surface area contributed by atoms with Crippen LogP contribution in [0, 0.1) is 0 Å². The summed E-state index contributed by atoms with van der Waals surface area (Å²) in [5, 5.41) is 14.3. The third-order valence-corrected chi connectivity index (χ3v) is 6.06. The molecule has 0 aromatic rings. The zero-order valence-electron chi connectivity index (χ0n) is 10.9. The van der Waals surface area contributed by atoms with Crippen molar-refractivity contribution in [3.05, 3.63) is 0 Å². The fourth-order valence-corrected chi connectivity index (χ4v) is 4.76. The van der Waals surface area contributed by atoms with Crippen LogP contribution in [0.5, 0.6) is 0 Å². The van der Waals surface area contributed by atoms with Crippen LogP contribution in [-0.2, 0) is 4.74 Å². The summed E-state index contributed by atoms with van der Waals surface area (Å²) < 4.78 is 5.63. The third-order valence-electron chi connectivity index (χ3n) is 4.31. The molecule has 0 spiro atoms. The Bertz CT molecular complexity index is 246. The Morgan fingerprint density at radius 1 is 1.47 bits per heavy atom. The molecule has 100 valence electrons. The summed E-state index contributed by atoms with van der Waals surface area (Å²) >= 11 is 2.09.